The highest BCUT2D eigenvalue weighted by molar-refractivity contribution is 6.55. The Bertz CT molecular complexity index is 1560. The number of esters is 1. The average Bonchev–Trinajstić information content (AvgIpc) is 2.95. The fourth-order valence-corrected chi connectivity index (χ4v) is 5.32. The van der Waals surface area contributed by atoms with Gasteiger partial charge in [0.1, 0.15) is 33.2 Å². The van der Waals surface area contributed by atoms with Gasteiger partial charge in [-0.2, -0.15) is 5.26 Å². The summed E-state index contributed by atoms with van der Waals surface area (Å²) in [6.07, 6.45) is 0. The minimum atomic E-state index is -0.791. The summed E-state index contributed by atoms with van der Waals surface area (Å²) in [7, 11) is 0. The van der Waals surface area contributed by atoms with Crippen molar-refractivity contribution in [1.29, 1.82) is 5.26 Å². The Morgan fingerprint density at radius 1 is 0.902 bits per heavy atom. The number of benzene rings is 3. The van der Waals surface area contributed by atoms with Crippen LogP contribution in [0.2, 0.25) is 25.1 Å². The van der Waals surface area contributed by atoms with Crippen molar-refractivity contribution in [3.63, 3.8) is 0 Å². The van der Waals surface area contributed by atoms with Gasteiger partial charge in [-0.3, -0.25) is 0 Å². The first kappa shape index (κ1) is 30.8. The first-order chi connectivity index (χ1) is 19.6. The molecule has 0 amide bonds. The van der Waals surface area contributed by atoms with Gasteiger partial charge in [-0.25, -0.2) is 4.79 Å². The average molecular weight is 659 g/mol. The van der Waals surface area contributed by atoms with Crippen LogP contribution in [-0.2, 0) is 4.79 Å². The zero-order valence-corrected chi connectivity index (χ0v) is 25.3. The molecule has 0 fully saturated rings. The second kappa shape index (κ2) is 13.2. The molecule has 8 nitrogen and oxygen atoms in total. The minimum Gasteiger partial charge on any atom is -0.490 e. The molecule has 1 unspecified atom stereocenters. The summed E-state index contributed by atoms with van der Waals surface area (Å²) in [4.78, 5) is 12.6. The summed E-state index contributed by atoms with van der Waals surface area (Å²) in [6, 6.07) is 12.3. The summed E-state index contributed by atoms with van der Waals surface area (Å²) in [5.74, 6) is -0.0197. The van der Waals surface area contributed by atoms with Crippen LogP contribution in [0, 0.1) is 11.3 Å². The van der Waals surface area contributed by atoms with Gasteiger partial charge in [0.2, 0.25) is 5.88 Å². The number of carbonyl (C=O) groups is 1. The lowest BCUT2D eigenvalue weighted by molar-refractivity contribution is -0.136. The number of nitrogens with zero attached hydrogens (tertiary/aromatic N) is 1. The van der Waals surface area contributed by atoms with Crippen molar-refractivity contribution in [2.45, 2.75) is 19.8 Å². The highest BCUT2D eigenvalue weighted by Gasteiger charge is 2.32. The Balaban J connectivity index is 1.59. The van der Waals surface area contributed by atoms with E-state index in [2.05, 4.69) is 6.07 Å². The maximum absolute atomic E-state index is 12.6. The van der Waals surface area contributed by atoms with Gasteiger partial charge < -0.3 is 29.4 Å². The number of fused-ring (bicyclic) bond motifs is 1. The van der Waals surface area contributed by atoms with Gasteiger partial charge in [0.05, 0.1) is 34.2 Å². The minimum absolute atomic E-state index is 0.0437. The molecule has 3 aromatic rings. The number of nitriles is 1. The van der Waals surface area contributed by atoms with E-state index in [1.807, 2.05) is 19.9 Å². The lowest BCUT2D eigenvalue weighted by Crippen LogP contribution is -2.22. The highest BCUT2D eigenvalue weighted by Crippen LogP contribution is 2.48. The number of ether oxygens (including phenoxy) is 5. The number of allylic oxidation sites excluding steroid dienone is 1. The first-order valence-electron chi connectivity index (χ1n) is 12.1. The van der Waals surface area contributed by atoms with Crippen molar-refractivity contribution in [1.82, 2.24) is 0 Å². The standard InChI is InChI=1S/C28H21Cl5N2O6/c1-3-37-17-8-5-13(9-19(17)38-4-2)21-15-7-6-14(10-18(15)41-28(35)16(21)11-34)40-20(36)12-39-27-25(32)23(30)22(29)24(31)26(27)33/h5-10,21H,3-4,12,35H2,1-2H3. The third-order valence-corrected chi connectivity index (χ3v) is 8.07. The summed E-state index contributed by atoms with van der Waals surface area (Å²) >= 11 is 30.3. The fraction of sp³-hybridized carbons (Fsp3) is 0.214. The quantitative estimate of drug-likeness (QED) is 0.107. The Morgan fingerprint density at radius 2 is 1.54 bits per heavy atom. The molecule has 0 aromatic heterocycles. The molecule has 1 aliphatic rings. The largest absolute Gasteiger partial charge is 0.490 e. The van der Waals surface area contributed by atoms with Crippen molar-refractivity contribution < 1.29 is 28.5 Å². The van der Waals surface area contributed by atoms with Crippen LogP contribution in [-0.4, -0.2) is 25.8 Å². The van der Waals surface area contributed by atoms with Gasteiger partial charge >= 0.3 is 5.97 Å². The Labute approximate surface area is 260 Å². The third kappa shape index (κ3) is 6.35. The van der Waals surface area contributed by atoms with Gasteiger partial charge in [-0.1, -0.05) is 70.1 Å². The molecule has 13 heteroatoms. The van der Waals surface area contributed by atoms with E-state index in [9.17, 15) is 10.1 Å². The molecule has 1 atom stereocenters. The molecule has 0 saturated carbocycles. The van der Waals surface area contributed by atoms with Crippen LogP contribution in [0.25, 0.3) is 0 Å². The zero-order valence-electron chi connectivity index (χ0n) is 21.5. The molecular weight excluding hydrogens is 638 g/mol. The molecule has 214 valence electrons. The van der Waals surface area contributed by atoms with Crippen LogP contribution < -0.4 is 29.4 Å². The Kier molecular flexibility index (Phi) is 9.90. The van der Waals surface area contributed by atoms with E-state index in [1.54, 1.807) is 24.3 Å². The number of carbonyl (C=O) groups excluding carboxylic acids is 1. The molecule has 2 N–H and O–H groups in total. The lowest BCUT2D eigenvalue weighted by Gasteiger charge is -2.27. The number of nitrogens with two attached hydrogens (primary N) is 1. The third-order valence-electron chi connectivity index (χ3n) is 5.83. The lowest BCUT2D eigenvalue weighted by atomic mass is 9.83. The maximum Gasteiger partial charge on any atom is 0.349 e. The molecule has 0 spiro atoms. The van der Waals surface area contributed by atoms with Crippen LogP contribution in [0.15, 0.2) is 47.9 Å². The molecule has 1 aliphatic heterocycles. The molecule has 0 bridgehead atoms. The summed E-state index contributed by atoms with van der Waals surface area (Å²) in [5.41, 5.74) is 7.70. The normalized spacial score (nSPS) is 14.0. The Morgan fingerprint density at radius 3 is 2.17 bits per heavy atom. The van der Waals surface area contributed by atoms with Crippen LogP contribution in [0.4, 0.5) is 0 Å². The van der Waals surface area contributed by atoms with E-state index < -0.39 is 18.5 Å². The summed E-state index contributed by atoms with van der Waals surface area (Å²) in [5, 5.41) is 9.49. The highest BCUT2D eigenvalue weighted by atomic mass is 35.5. The van der Waals surface area contributed by atoms with Gasteiger partial charge in [0, 0.05) is 11.6 Å². The molecule has 1 heterocycles. The van der Waals surface area contributed by atoms with E-state index in [4.69, 9.17) is 87.4 Å². The van der Waals surface area contributed by atoms with Crippen LogP contribution in [0.5, 0.6) is 28.7 Å². The molecular formula is C28H21Cl5N2O6. The molecule has 4 rings (SSSR count). The second-order valence-electron chi connectivity index (χ2n) is 8.36. The van der Waals surface area contributed by atoms with E-state index >= 15 is 0 Å². The Hall–Kier alpha value is -3.19. The smallest absolute Gasteiger partial charge is 0.349 e. The molecule has 0 aliphatic carbocycles. The fourth-order valence-electron chi connectivity index (χ4n) is 4.09. The molecule has 0 radical (unpaired) electrons. The molecule has 3 aromatic carbocycles. The van der Waals surface area contributed by atoms with E-state index in [0.29, 0.717) is 36.0 Å². The van der Waals surface area contributed by atoms with Crippen molar-refractivity contribution in [3.8, 4) is 34.8 Å². The monoisotopic (exact) mass is 656 g/mol. The first-order valence-corrected chi connectivity index (χ1v) is 14.0. The predicted molar refractivity (Wildman–Crippen MR) is 157 cm³/mol. The van der Waals surface area contributed by atoms with Gasteiger partial charge in [-0.05, 0) is 37.6 Å². The number of hydrogen-bond acceptors (Lipinski definition) is 8. The molecule has 0 saturated heterocycles. The number of halogens is 5. The predicted octanol–water partition coefficient (Wildman–Crippen LogP) is 7.95. The summed E-state index contributed by atoms with van der Waals surface area (Å²) in [6.45, 7) is 4.04. The van der Waals surface area contributed by atoms with Crippen molar-refractivity contribution >= 4 is 64.0 Å². The maximum atomic E-state index is 12.6. The number of rotatable bonds is 9. The van der Waals surface area contributed by atoms with Crippen molar-refractivity contribution in [3.05, 3.63) is 84.1 Å². The van der Waals surface area contributed by atoms with Crippen LogP contribution in [0.3, 0.4) is 0 Å². The van der Waals surface area contributed by atoms with E-state index in [-0.39, 0.29) is 48.1 Å². The SMILES string of the molecule is CCOc1ccc(C2C(C#N)=C(N)Oc3cc(OC(=O)COc4c(Cl)c(Cl)c(Cl)c(Cl)c4Cl)ccc32)cc1OCC. The number of hydrogen-bond donors (Lipinski definition) is 1. The van der Waals surface area contributed by atoms with Gasteiger partial charge in [0.25, 0.3) is 0 Å². The second-order valence-corrected chi connectivity index (χ2v) is 10.2. The topological polar surface area (TPSA) is 113 Å². The van der Waals surface area contributed by atoms with Crippen molar-refractivity contribution in [2.75, 3.05) is 19.8 Å². The van der Waals surface area contributed by atoms with E-state index in [0.717, 1.165) is 5.56 Å². The van der Waals surface area contributed by atoms with Gasteiger partial charge in [-0.15, -0.1) is 0 Å². The van der Waals surface area contributed by atoms with E-state index in [1.165, 1.54) is 6.07 Å². The van der Waals surface area contributed by atoms with Crippen molar-refractivity contribution in [2.24, 2.45) is 5.73 Å². The zero-order chi connectivity index (χ0) is 29.8. The van der Waals surface area contributed by atoms with Crippen LogP contribution >= 0.6 is 58.0 Å². The van der Waals surface area contributed by atoms with Gasteiger partial charge in [0.15, 0.2) is 23.9 Å². The summed E-state index contributed by atoms with van der Waals surface area (Å²) < 4.78 is 28.0. The van der Waals surface area contributed by atoms with Crippen LogP contribution in [0.1, 0.15) is 30.9 Å². The molecule has 41 heavy (non-hydrogen) atoms.